The summed E-state index contributed by atoms with van der Waals surface area (Å²) in [6, 6.07) is 19.1. The van der Waals surface area contributed by atoms with E-state index in [9.17, 15) is 9.59 Å². The van der Waals surface area contributed by atoms with Crippen molar-refractivity contribution >= 4 is 17.7 Å². The van der Waals surface area contributed by atoms with Gasteiger partial charge in [-0.15, -0.1) is 0 Å². The summed E-state index contributed by atoms with van der Waals surface area (Å²) < 4.78 is 7.17. The minimum absolute atomic E-state index is 0.204. The number of furan rings is 1. The number of hydrogen-bond acceptors (Lipinski definition) is 7. The van der Waals surface area contributed by atoms with E-state index in [1.54, 1.807) is 36.9 Å². The largest absolute Gasteiger partial charge is 0.467 e. The van der Waals surface area contributed by atoms with Crippen molar-refractivity contribution in [2.45, 2.75) is 30.8 Å². The molecule has 0 unspecified atom stereocenters. The highest BCUT2D eigenvalue weighted by molar-refractivity contribution is 7.98. The molecule has 38 heavy (non-hydrogen) atoms. The standard InChI is InChI=1S/C29H25N5O3S/c1-20-4-6-21(7-5-20)18-38-29-33-28(36)24(13-22-14-30-19-31-15-22)17-34(29)25-10-8-23(9-11-25)27(35)32-16-26-3-2-12-37-26/h2-12,14-15,17,19H,13,16,18H2,1H3,(H,32,35). The van der Waals surface area contributed by atoms with Gasteiger partial charge in [0.1, 0.15) is 12.1 Å². The second kappa shape index (κ2) is 11.7. The Balaban J connectivity index is 1.42. The summed E-state index contributed by atoms with van der Waals surface area (Å²) in [5.41, 5.74) is 4.69. The molecular weight excluding hydrogens is 498 g/mol. The summed E-state index contributed by atoms with van der Waals surface area (Å²) in [6.45, 7) is 2.36. The average molecular weight is 524 g/mol. The van der Waals surface area contributed by atoms with Gasteiger partial charge in [-0.25, -0.2) is 9.97 Å². The molecule has 9 heteroatoms. The molecule has 0 saturated carbocycles. The van der Waals surface area contributed by atoms with Gasteiger partial charge >= 0.3 is 0 Å². The Morgan fingerprint density at radius 2 is 1.76 bits per heavy atom. The van der Waals surface area contributed by atoms with E-state index in [1.165, 1.54) is 23.7 Å². The van der Waals surface area contributed by atoms with Crippen LogP contribution >= 0.6 is 11.8 Å². The van der Waals surface area contributed by atoms with Crippen LogP contribution in [-0.4, -0.2) is 25.4 Å². The van der Waals surface area contributed by atoms with Gasteiger partial charge in [0.15, 0.2) is 5.16 Å². The van der Waals surface area contributed by atoms with Crippen molar-refractivity contribution in [3.8, 4) is 5.69 Å². The molecule has 5 rings (SSSR count). The first-order valence-corrected chi connectivity index (χ1v) is 13.0. The van der Waals surface area contributed by atoms with Crippen LogP contribution in [0.5, 0.6) is 0 Å². The van der Waals surface area contributed by atoms with E-state index in [-0.39, 0.29) is 11.5 Å². The number of hydrogen-bond donors (Lipinski definition) is 1. The second-order valence-corrected chi connectivity index (χ2v) is 9.67. The Hall–Kier alpha value is -4.50. The smallest absolute Gasteiger partial charge is 0.277 e. The summed E-state index contributed by atoms with van der Waals surface area (Å²) in [4.78, 5) is 38.1. The lowest BCUT2D eigenvalue weighted by molar-refractivity contribution is 0.0948. The predicted molar refractivity (Wildman–Crippen MR) is 145 cm³/mol. The molecule has 3 aromatic heterocycles. The normalized spacial score (nSPS) is 10.9. The van der Waals surface area contributed by atoms with E-state index in [2.05, 4.69) is 44.5 Å². The van der Waals surface area contributed by atoms with Crippen LogP contribution in [-0.2, 0) is 18.7 Å². The lowest BCUT2D eigenvalue weighted by Gasteiger charge is -2.15. The van der Waals surface area contributed by atoms with E-state index < -0.39 is 0 Å². The van der Waals surface area contributed by atoms with Gasteiger partial charge < -0.3 is 9.73 Å². The number of aromatic nitrogens is 4. The summed E-state index contributed by atoms with van der Waals surface area (Å²) >= 11 is 1.48. The Labute approximate surface area is 223 Å². The molecular formula is C29H25N5O3S. The van der Waals surface area contributed by atoms with Crippen molar-refractivity contribution in [2.75, 3.05) is 0 Å². The molecule has 0 saturated heterocycles. The first kappa shape index (κ1) is 25.2. The fourth-order valence-corrected chi connectivity index (χ4v) is 4.75. The fraction of sp³-hybridized carbons (Fsp3) is 0.138. The minimum Gasteiger partial charge on any atom is -0.467 e. The molecule has 0 radical (unpaired) electrons. The number of amides is 1. The molecule has 5 aromatic rings. The maximum Gasteiger partial charge on any atom is 0.277 e. The molecule has 0 aliphatic heterocycles. The molecule has 190 valence electrons. The highest BCUT2D eigenvalue weighted by atomic mass is 32.2. The zero-order valence-corrected chi connectivity index (χ0v) is 21.5. The number of nitrogens with one attached hydrogen (secondary N) is 1. The van der Waals surface area contributed by atoms with Gasteiger partial charge in [0.05, 0.1) is 12.8 Å². The molecule has 0 aliphatic carbocycles. The Morgan fingerprint density at radius 1 is 1.00 bits per heavy atom. The number of rotatable bonds is 9. The third kappa shape index (κ3) is 6.24. The van der Waals surface area contributed by atoms with E-state index in [0.29, 0.717) is 40.8 Å². The van der Waals surface area contributed by atoms with Gasteiger partial charge in [0, 0.05) is 47.6 Å². The van der Waals surface area contributed by atoms with E-state index >= 15 is 0 Å². The summed E-state index contributed by atoms with van der Waals surface area (Å²) in [5, 5.41) is 3.42. The molecule has 0 bridgehead atoms. The highest BCUT2D eigenvalue weighted by Crippen LogP contribution is 2.24. The van der Waals surface area contributed by atoms with Crippen molar-refractivity contribution in [1.29, 1.82) is 0 Å². The Morgan fingerprint density at radius 3 is 2.47 bits per heavy atom. The second-order valence-electron chi connectivity index (χ2n) is 8.73. The molecule has 0 atom stereocenters. The average Bonchev–Trinajstić information content (AvgIpc) is 3.47. The molecule has 3 heterocycles. The molecule has 0 spiro atoms. The number of carbonyl (C=O) groups excluding carboxylic acids is 1. The van der Waals surface area contributed by atoms with Crippen molar-refractivity contribution in [1.82, 2.24) is 24.8 Å². The number of benzene rings is 2. The number of nitrogens with zero attached hydrogens (tertiary/aromatic N) is 4. The van der Waals surface area contributed by atoms with Crippen LogP contribution in [0.3, 0.4) is 0 Å². The quantitative estimate of drug-likeness (QED) is 0.220. The Bertz CT molecular complexity index is 1570. The van der Waals surface area contributed by atoms with Crippen LogP contribution in [0.1, 0.15) is 38.4 Å². The highest BCUT2D eigenvalue weighted by Gasteiger charge is 2.14. The van der Waals surface area contributed by atoms with Crippen LogP contribution in [0.4, 0.5) is 0 Å². The fourth-order valence-electron chi connectivity index (χ4n) is 3.82. The van der Waals surface area contributed by atoms with Crippen LogP contribution in [0.15, 0.2) is 106 Å². The zero-order valence-electron chi connectivity index (χ0n) is 20.7. The van der Waals surface area contributed by atoms with Gasteiger partial charge in [0.25, 0.3) is 11.5 Å². The van der Waals surface area contributed by atoms with Crippen molar-refractivity contribution in [2.24, 2.45) is 0 Å². The number of aryl methyl sites for hydroxylation is 1. The van der Waals surface area contributed by atoms with Crippen molar-refractivity contribution in [3.05, 3.63) is 136 Å². The maximum atomic E-state index is 13.0. The van der Waals surface area contributed by atoms with Crippen LogP contribution in [0.2, 0.25) is 0 Å². The maximum absolute atomic E-state index is 13.0. The van der Waals surface area contributed by atoms with Gasteiger partial charge in [-0.2, -0.15) is 4.98 Å². The van der Waals surface area contributed by atoms with E-state index in [1.807, 2.05) is 35.9 Å². The summed E-state index contributed by atoms with van der Waals surface area (Å²) in [7, 11) is 0. The zero-order chi connectivity index (χ0) is 26.3. The molecule has 0 aliphatic rings. The van der Waals surface area contributed by atoms with Gasteiger partial charge in [-0.05, 0) is 54.4 Å². The lowest BCUT2D eigenvalue weighted by atomic mass is 10.1. The molecule has 8 nitrogen and oxygen atoms in total. The molecule has 0 fully saturated rings. The van der Waals surface area contributed by atoms with E-state index in [4.69, 9.17) is 4.42 Å². The Kier molecular flexibility index (Phi) is 7.75. The first-order chi connectivity index (χ1) is 18.5. The summed E-state index contributed by atoms with van der Waals surface area (Å²) in [5.74, 6) is 1.14. The number of thioether (sulfide) groups is 1. The predicted octanol–water partition coefficient (Wildman–Crippen LogP) is 4.74. The number of carbonyl (C=O) groups is 1. The minimum atomic E-state index is -0.287. The van der Waals surface area contributed by atoms with Crippen molar-refractivity contribution < 1.29 is 9.21 Å². The van der Waals surface area contributed by atoms with Crippen molar-refractivity contribution in [3.63, 3.8) is 0 Å². The third-order valence-corrected chi connectivity index (χ3v) is 6.89. The topological polar surface area (TPSA) is 103 Å². The lowest BCUT2D eigenvalue weighted by Crippen LogP contribution is -2.22. The third-order valence-electron chi connectivity index (χ3n) is 5.87. The molecule has 1 N–H and O–H groups in total. The van der Waals surface area contributed by atoms with Gasteiger partial charge in [-0.3, -0.25) is 14.2 Å². The van der Waals surface area contributed by atoms with Crippen LogP contribution in [0.25, 0.3) is 5.69 Å². The van der Waals surface area contributed by atoms with Gasteiger partial charge in [0.2, 0.25) is 0 Å². The summed E-state index contributed by atoms with van der Waals surface area (Å²) in [6.07, 6.45) is 8.58. The van der Waals surface area contributed by atoms with E-state index in [0.717, 1.165) is 16.8 Å². The van der Waals surface area contributed by atoms with Crippen LogP contribution in [0, 0.1) is 6.92 Å². The van der Waals surface area contributed by atoms with Gasteiger partial charge in [-0.1, -0.05) is 41.6 Å². The monoisotopic (exact) mass is 523 g/mol. The first-order valence-electron chi connectivity index (χ1n) is 12.0. The molecule has 2 aromatic carbocycles. The van der Waals surface area contributed by atoms with Crippen LogP contribution < -0.4 is 10.9 Å². The molecule has 1 amide bonds. The SMILES string of the molecule is Cc1ccc(CSc2nc(=O)c(Cc3cncnc3)cn2-c2ccc(C(=O)NCc3ccco3)cc2)cc1.